The molecule has 3 rings (SSSR count). The summed E-state index contributed by atoms with van der Waals surface area (Å²) in [6.45, 7) is 3.05. The standard InChI is InChI=1S/C20H26N2O4S/c1-25-19-13-16-9-12-22(15-17(16)14-20(19)26-2)11-6-10-21-27(23,24)18-7-4-3-5-8-18/h3-5,7-8,13-14,21H,6,9-12,15H2,1-2H3. The second-order valence-electron chi connectivity index (χ2n) is 6.57. The molecule has 0 spiro atoms. The Bertz CT molecular complexity index is 869. The van der Waals surface area contributed by atoms with Crippen LogP contribution in [0, 0.1) is 0 Å². The van der Waals surface area contributed by atoms with Gasteiger partial charge in [-0.15, -0.1) is 0 Å². The van der Waals surface area contributed by atoms with Gasteiger partial charge in [0.15, 0.2) is 11.5 Å². The molecule has 0 saturated carbocycles. The average molecular weight is 391 g/mol. The topological polar surface area (TPSA) is 67.9 Å². The van der Waals surface area contributed by atoms with E-state index in [0.717, 1.165) is 44.0 Å². The van der Waals surface area contributed by atoms with Crippen molar-refractivity contribution in [1.29, 1.82) is 0 Å². The maximum atomic E-state index is 12.2. The predicted molar refractivity (Wildman–Crippen MR) is 105 cm³/mol. The molecular weight excluding hydrogens is 364 g/mol. The van der Waals surface area contributed by atoms with Crippen molar-refractivity contribution in [2.24, 2.45) is 0 Å². The fraction of sp³-hybridized carbons (Fsp3) is 0.400. The molecule has 6 nitrogen and oxygen atoms in total. The maximum absolute atomic E-state index is 12.2. The zero-order valence-corrected chi connectivity index (χ0v) is 16.6. The predicted octanol–water partition coefficient (Wildman–Crippen LogP) is 2.43. The molecular formula is C20H26N2O4S. The summed E-state index contributed by atoms with van der Waals surface area (Å²) in [4.78, 5) is 2.64. The van der Waals surface area contributed by atoms with Crippen molar-refractivity contribution in [2.75, 3.05) is 33.9 Å². The van der Waals surface area contributed by atoms with E-state index < -0.39 is 10.0 Å². The molecule has 2 aromatic rings. The maximum Gasteiger partial charge on any atom is 0.240 e. The van der Waals surface area contributed by atoms with Crippen LogP contribution in [-0.4, -0.2) is 47.2 Å². The monoisotopic (exact) mass is 390 g/mol. The van der Waals surface area contributed by atoms with Gasteiger partial charge in [0.25, 0.3) is 0 Å². The van der Waals surface area contributed by atoms with E-state index in [4.69, 9.17) is 9.47 Å². The van der Waals surface area contributed by atoms with Crippen LogP contribution in [0.2, 0.25) is 0 Å². The van der Waals surface area contributed by atoms with Crippen LogP contribution in [-0.2, 0) is 23.0 Å². The summed E-state index contributed by atoms with van der Waals surface area (Å²) in [7, 11) is -0.136. The zero-order chi connectivity index (χ0) is 19.3. The van der Waals surface area contributed by atoms with Crippen LogP contribution in [0.3, 0.4) is 0 Å². The fourth-order valence-electron chi connectivity index (χ4n) is 3.32. The van der Waals surface area contributed by atoms with Crippen LogP contribution in [0.25, 0.3) is 0 Å². The Morgan fingerprint density at radius 1 is 1.04 bits per heavy atom. The number of hydrogen-bond acceptors (Lipinski definition) is 5. The molecule has 0 fully saturated rings. The highest BCUT2D eigenvalue weighted by molar-refractivity contribution is 7.89. The molecule has 0 atom stereocenters. The van der Waals surface area contributed by atoms with Gasteiger partial charge in [0.05, 0.1) is 19.1 Å². The van der Waals surface area contributed by atoms with Crippen LogP contribution in [0.5, 0.6) is 11.5 Å². The van der Waals surface area contributed by atoms with E-state index in [0.29, 0.717) is 11.4 Å². The number of rotatable bonds is 8. The second kappa shape index (κ2) is 8.73. The van der Waals surface area contributed by atoms with Crippen LogP contribution >= 0.6 is 0 Å². The Labute approximate surface area is 161 Å². The number of nitrogens with one attached hydrogen (secondary N) is 1. The minimum atomic E-state index is -3.43. The lowest BCUT2D eigenvalue weighted by molar-refractivity contribution is 0.250. The van der Waals surface area contributed by atoms with Crippen molar-refractivity contribution in [3.05, 3.63) is 53.6 Å². The number of nitrogens with zero attached hydrogens (tertiary/aromatic N) is 1. The number of hydrogen-bond donors (Lipinski definition) is 1. The lowest BCUT2D eigenvalue weighted by Gasteiger charge is -2.29. The van der Waals surface area contributed by atoms with Crippen LogP contribution < -0.4 is 14.2 Å². The minimum Gasteiger partial charge on any atom is -0.493 e. The summed E-state index contributed by atoms with van der Waals surface area (Å²) in [6.07, 6.45) is 1.71. The minimum absolute atomic E-state index is 0.304. The molecule has 146 valence electrons. The van der Waals surface area contributed by atoms with E-state index in [2.05, 4.69) is 15.7 Å². The summed E-state index contributed by atoms with van der Waals surface area (Å²) >= 11 is 0. The average Bonchev–Trinajstić information content (AvgIpc) is 2.70. The first-order valence-electron chi connectivity index (χ1n) is 9.04. The molecule has 0 bridgehead atoms. The van der Waals surface area contributed by atoms with Gasteiger partial charge < -0.3 is 9.47 Å². The van der Waals surface area contributed by atoms with Crippen molar-refractivity contribution in [3.8, 4) is 11.5 Å². The first-order valence-corrected chi connectivity index (χ1v) is 10.5. The van der Waals surface area contributed by atoms with Crippen LogP contribution in [0.4, 0.5) is 0 Å². The van der Waals surface area contributed by atoms with Crippen LogP contribution in [0.1, 0.15) is 17.5 Å². The van der Waals surface area contributed by atoms with Crippen molar-refractivity contribution in [2.45, 2.75) is 24.3 Å². The van der Waals surface area contributed by atoms with Gasteiger partial charge in [0, 0.05) is 19.6 Å². The molecule has 7 heteroatoms. The van der Waals surface area contributed by atoms with Crippen molar-refractivity contribution >= 4 is 10.0 Å². The van der Waals surface area contributed by atoms with Gasteiger partial charge in [-0.05, 0) is 54.8 Å². The number of benzene rings is 2. The Kier molecular flexibility index (Phi) is 6.36. The number of fused-ring (bicyclic) bond motifs is 1. The van der Waals surface area contributed by atoms with Crippen molar-refractivity contribution in [1.82, 2.24) is 9.62 Å². The Balaban J connectivity index is 1.52. The van der Waals surface area contributed by atoms with Gasteiger partial charge in [0.1, 0.15) is 0 Å². The molecule has 27 heavy (non-hydrogen) atoms. The molecule has 0 aliphatic carbocycles. The zero-order valence-electron chi connectivity index (χ0n) is 15.8. The second-order valence-corrected chi connectivity index (χ2v) is 8.33. The van der Waals surface area contributed by atoms with Gasteiger partial charge in [-0.2, -0.15) is 0 Å². The molecule has 0 aromatic heterocycles. The third-order valence-corrected chi connectivity index (χ3v) is 6.27. The summed E-state index contributed by atoms with van der Waals surface area (Å²) in [6, 6.07) is 12.6. The van der Waals surface area contributed by atoms with E-state index in [1.807, 2.05) is 6.07 Å². The molecule has 1 heterocycles. The quantitative estimate of drug-likeness (QED) is 0.701. The smallest absolute Gasteiger partial charge is 0.240 e. The summed E-state index contributed by atoms with van der Waals surface area (Å²) in [5.41, 5.74) is 2.53. The summed E-state index contributed by atoms with van der Waals surface area (Å²) < 4.78 is 37.9. The number of ether oxygens (including phenoxy) is 2. The van der Waals surface area contributed by atoms with Gasteiger partial charge in [0.2, 0.25) is 10.0 Å². The fourth-order valence-corrected chi connectivity index (χ4v) is 4.42. The van der Waals surface area contributed by atoms with Gasteiger partial charge >= 0.3 is 0 Å². The van der Waals surface area contributed by atoms with Crippen molar-refractivity contribution < 1.29 is 17.9 Å². The van der Waals surface area contributed by atoms with Gasteiger partial charge in [-0.3, -0.25) is 4.90 Å². The highest BCUT2D eigenvalue weighted by atomic mass is 32.2. The molecule has 0 radical (unpaired) electrons. The first kappa shape index (κ1) is 19.7. The van der Waals surface area contributed by atoms with E-state index in [1.165, 1.54) is 11.1 Å². The van der Waals surface area contributed by atoms with Crippen molar-refractivity contribution in [3.63, 3.8) is 0 Å². The third kappa shape index (κ3) is 4.80. The number of methoxy groups -OCH3 is 2. The molecule has 1 aliphatic heterocycles. The first-order chi connectivity index (χ1) is 13.0. The Morgan fingerprint density at radius 2 is 1.70 bits per heavy atom. The largest absolute Gasteiger partial charge is 0.493 e. The SMILES string of the molecule is COc1cc2c(cc1OC)CN(CCCNS(=O)(=O)c1ccccc1)CC2. The molecule has 0 saturated heterocycles. The summed E-state index contributed by atoms with van der Waals surface area (Å²) in [5, 5.41) is 0. The Morgan fingerprint density at radius 3 is 2.37 bits per heavy atom. The van der Waals surface area contributed by atoms with E-state index in [1.54, 1.807) is 44.6 Å². The normalized spacial score (nSPS) is 14.6. The highest BCUT2D eigenvalue weighted by Crippen LogP contribution is 2.33. The molecule has 1 aliphatic rings. The third-order valence-electron chi connectivity index (χ3n) is 4.79. The molecule has 2 aromatic carbocycles. The van der Waals surface area contributed by atoms with Gasteiger partial charge in [-0.25, -0.2) is 13.1 Å². The highest BCUT2D eigenvalue weighted by Gasteiger charge is 2.19. The lowest BCUT2D eigenvalue weighted by atomic mass is 9.98. The lowest BCUT2D eigenvalue weighted by Crippen LogP contribution is -2.33. The molecule has 1 N–H and O–H groups in total. The van der Waals surface area contributed by atoms with E-state index in [-0.39, 0.29) is 0 Å². The van der Waals surface area contributed by atoms with E-state index >= 15 is 0 Å². The summed E-state index contributed by atoms with van der Waals surface area (Å²) in [5.74, 6) is 1.51. The van der Waals surface area contributed by atoms with Crippen LogP contribution in [0.15, 0.2) is 47.4 Å². The molecule has 0 amide bonds. The molecule has 0 unspecified atom stereocenters. The van der Waals surface area contributed by atoms with Gasteiger partial charge in [-0.1, -0.05) is 18.2 Å². The Hall–Kier alpha value is -2.09. The van der Waals surface area contributed by atoms with E-state index in [9.17, 15) is 8.42 Å². The number of sulfonamides is 1.